The lowest BCUT2D eigenvalue weighted by molar-refractivity contribution is 0.432. The second kappa shape index (κ2) is 4.92. The van der Waals surface area contributed by atoms with Gasteiger partial charge in [0.2, 0.25) is 0 Å². The summed E-state index contributed by atoms with van der Waals surface area (Å²) in [4.78, 5) is 0. The smallest absolute Gasteiger partial charge is 0.126 e. The van der Waals surface area contributed by atoms with Crippen molar-refractivity contribution in [3.63, 3.8) is 0 Å². The van der Waals surface area contributed by atoms with E-state index in [0.717, 1.165) is 23.3 Å². The Kier molecular flexibility index (Phi) is 3.36. The number of halogens is 1. The summed E-state index contributed by atoms with van der Waals surface area (Å²) in [5, 5.41) is 4.75. The second-order valence-corrected chi connectivity index (χ2v) is 7.15. The lowest BCUT2D eigenvalue weighted by Gasteiger charge is -2.29. The summed E-state index contributed by atoms with van der Waals surface area (Å²) in [5.74, 6) is 0.838. The average molecular weight is 334 g/mol. The van der Waals surface area contributed by atoms with Gasteiger partial charge in [0.15, 0.2) is 0 Å². The Hall–Kier alpha value is -1.29. The van der Waals surface area contributed by atoms with Crippen LogP contribution in [-0.4, -0.2) is 9.78 Å². The number of fused-ring (bicyclic) bond motifs is 1. The minimum Gasteiger partial charge on any atom is -0.384 e. The first-order chi connectivity index (χ1) is 9.47. The van der Waals surface area contributed by atoms with E-state index in [1.807, 2.05) is 16.8 Å². The summed E-state index contributed by atoms with van der Waals surface area (Å²) in [7, 11) is 0. The average Bonchev–Trinajstić information content (AvgIpc) is 2.67. The Labute approximate surface area is 128 Å². The van der Waals surface area contributed by atoms with Gasteiger partial charge in [0.25, 0.3) is 0 Å². The first kappa shape index (κ1) is 13.7. The number of benzene rings is 1. The molecule has 2 aromatic rings. The van der Waals surface area contributed by atoms with Gasteiger partial charge in [0.1, 0.15) is 5.82 Å². The van der Waals surface area contributed by atoms with Crippen molar-refractivity contribution in [2.45, 2.75) is 45.1 Å². The molecule has 1 heterocycles. The van der Waals surface area contributed by atoms with Crippen molar-refractivity contribution in [3.8, 4) is 0 Å². The Morgan fingerprint density at radius 2 is 2.20 bits per heavy atom. The predicted molar refractivity (Wildman–Crippen MR) is 85.8 cm³/mol. The van der Waals surface area contributed by atoms with E-state index >= 15 is 0 Å². The van der Waals surface area contributed by atoms with E-state index in [2.05, 4.69) is 41.9 Å². The topological polar surface area (TPSA) is 43.8 Å². The molecule has 0 spiro atoms. The van der Waals surface area contributed by atoms with Gasteiger partial charge in [-0.15, -0.1) is 0 Å². The van der Waals surface area contributed by atoms with Crippen LogP contribution in [0.3, 0.4) is 0 Å². The first-order valence-electron chi connectivity index (χ1n) is 7.07. The Balaban J connectivity index is 1.98. The molecule has 20 heavy (non-hydrogen) atoms. The van der Waals surface area contributed by atoms with Crippen LogP contribution in [0.25, 0.3) is 0 Å². The first-order valence-corrected chi connectivity index (χ1v) is 7.87. The number of rotatable bonds is 2. The highest BCUT2D eigenvalue weighted by molar-refractivity contribution is 9.10. The molecule has 0 radical (unpaired) electrons. The molecule has 106 valence electrons. The molecule has 1 aliphatic carbocycles. The highest BCUT2D eigenvalue weighted by atomic mass is 79.9. The van der Waals surface area contributed by atoms with Gasteiger partial charge < -0.3 is 5.73 Å². The van der Waals surface area contributed by atoms with Crippen LogP contribution in [0.4, 0.5) is 5.82 Å². The second-order valence-electron chi connectivity index (χ2n) is 6.23. The minimum atomic E-state index is 0.146. The quantitative estimate of drug-likeness (QED) is 0.905. The molecule has 0 bridgehead atoms. The van der Waals surface area contributed by atoms with E-state index in [4.69, 9.17) is 10.8 Å². The summed E-state index contributed by atoms with van der Waals surface area (Å²) in [6, 6.07) is 8.30. The molecule has 0 fully saturated rings. The number of nitrogens with zero attached hydrogens (tertiary/aromatic N) is 2. The monoisotopic (exact) mass is 333 g/mol. The van der Waals surface area contributed by atoms with Crippen molar-refractivity contribution < 1.29 is 0 Å². The highest BCUT2D eigenvalue weighted by Gasteiger charge is 2.33. The Morgan fingerprint density at radius 3 is 2.90 bits per heavy atom. The molecule has 0 unspecified atom stereocenters. The summed E-state index contributed by atoms with van der Waals surface area (Å²) in [5.41, 5.74) is 10.2. The zero-order valence-electron chi connectivity index (χ0n) is 12.0. The summed E-state index contributed by atoms with van der Waals surface area (Å²) < 4.78 is 3.05. The SMILES string of the molecule is CC1(C)CCCc2nn(Cc3cccc(Br)c3)c(N)c21. The summed E-state index contributed by atoms with van der Waals surface area (Å²) in [6.07, 6.45) is 3.44. The third-order valence-electron chi connectivity index (χ3n) is 4.18. The van der Waals surface area contributed by atoms with Gasteiger partial charge in [-0.25, -0.2) is 4.68 Å². The molecule has 0 saturated heterocycles. The van der Waals surface area contributed by atoms with E-state index < -0.39 is 0 Å². The predicted octanol–water partition coefficient (Wildman–Crippen LogP) is 3.89. The molecule has 0 atom stereocenters. The van der Waals surface area contributed by atoms with Crippen molar-refractivity contribution in [3.05, 3.63) is 45.6 Å². The van der Waals surface area contributed by atoms with Gasteiger partial charge in [-0.1, -0.05) is 41.9 Å². The molecule has 3 rings (SSSR count). The van der Waals surface area contributed by atoms with Crippen LogP contribution in [0.5, 0.6) is 0 Å². The van der Waals surface area contributed by atoms with Crippen molar-refractivity contribution in [1.29, 1.82) is 0 Å². The molecular weight excluding hydrogens is 314 g/mol. The maximum atomic E-state index is 6.37. The molecule has 0 amide bonds. The highest BCUT2D eigenvalue weighted by Crippen LogP contribution is 2.40. The van der Waals surface area contributed by atoms with Crippen LogP contribution >= 0.6 is 15.9 Å². The van der Waals surface area contributed by atoms with Gasteiger partial charge in [-0.05, 0) is 42.4 Å². The molecule has 2 N–H and O–H groups in total. The minimum absolute atomic E-state index is 0.146. The van der Waals surface area contributed by atoms with E-state index in [9.17, 15) is 0 Å². The van der Waals surface area contributed by atoms with Crippen molar-refractivity contribution >= 4 is 21.7 Å². The number of aryl methyl sites for hydroxylation is 1. The van der Waals surface area contributed by atoms with Gasteiger partial charge in [0, 0.05) is 10.0 Å². The molecule has 3 nitrogen and oxygen atoms in total. The number of nitrogens with two attached hydrogens (primary N) is 1. The number of nitrogen functional groups attached to an aromatic ring is 1. The molecule has 1 aromatic heterocycles. The normalized spacial score (nSPS) is 16.9. The third kappa shape index (κ3) is 2.37. The summed E-state index contributed by atoms with van der Waals surface area (Å²) >= 11 is 3.51. The molecular formula is C16H20BrN3. The third-order valence-corrected chi connectivity index (χ3v) is 4.67. The largest absolute Gasteiger partial charge is 0.384 e. The standard InChI is InChI=1S/C16H20BrN3/c1-16(2)8-4-7-13-14(16)15(18)20(19-13)10-11-5-3-6-12(17)9-11/h3,5-6,9H,4,7-8,10,18H2,1-2H3. The fraction of sp³-hybridized carbons (Fsp3) is 0.438. The Morgan fingerprint density at radius 1 is 1.40 bits per heavy atom. The van der Waals surface area contributed by atoms with Crippen molar-refractivity contribution in [2.24, 2.45) is 0 Å². The lowest BCUT2D eigenvalue weighted by atomic mass is 9.75. The van der Waals surface area contributed by atoms with Crippen LogP contribution in [0.1, 0.15) is 43.5 Å². The van der Waals surface area contributed by atoms with Crippen LogP contribution in [0, 0.1) is 0 Å². The van der Waals surface area contributed by atoms with Gasteiger partial charge in [0.05, 0.1) is 12.2 Å². The van der Waals surface area contributed by atoms with Crippen LogP contribution in [0.2, 0.25) is 0 Å². The molecule has 1 aliphatic rings. The van der Waals surface area contributed by atoms with Crippen molar-refractivity contribution in [1.82, 2.24) is 9.78 Å². The van der Waals surface area contributed by atoms with Gasteiger partial charge >= 0.3 is 0 Å². The van der Waals surface area contributed by atoms with E-state index in [1.165, 1.54) is 29.7 Å². The maximum absolute atomic E-state index is 6.37. The van der Waals surface area contributed by atoms with E-state index in [-0.39, 0.29) is 5.41 Å². The lowest BCUT2D eigenvalue weighted by Crippen LogP contribution is -2.24. The number of anilines is 1. The molecule has 0 saturated carbocycles. The molecule has 0 aliphatic heterocycles. The van der Waals surface area contributed by atoms with E-state index in [1.54, 1.807) is 0 Å². The number of aromatic nitrogens is 2. The Bertz CT molecular complexity index is 643. The van der Waals surface area contributed by atoms with Gasteiger partial charge in [-0.3, -0.25) is 0 Å². The summed E-state index contributed by atoms with van der Waals surface area (Å²) in [6.45, 7) is 5.27. The van der Waals surface area contributed by atoms with Crippen LogP contribution in [0.15, 0.2) is 28.7 Å². The number of hydrogen-bond acceptors (Lipinski definition) is 2. The zero-order valence-corrected chi connectivity index (χ0v) is 13.6. The van der Waals surface area contributed by atoms with Crippen LogP contribution in [-0.2, 0) is 18.4 Å². The molecule has 4 heteroatoms. The van der Waals surface area contributed by atoms with Crippen molar-refractivity contribution in [2.75, 3.05) is 5.73 Å². The molecule has 1 aromatic carbocycles. The fourth-order valence-electron chi connectivity index (χ4n) is 3.19. The van der Waals surface area contributed by atoms with Crippen LogP contribution < -0.4 is 5.73 Å². The fourth-order valence-corrected chi connectivity index (χ4v) is 3.64. The maximum Gasteiger partial charge on any atom is 0.126 e. The van der Waals surface area contributed by atoms with E-state index in [0.29, 0.717) is 0 Å². The van der Waals surface area contributed by atoms with Gasteiger partial charge in [-0.2, -0.15) is 5.10 Å². The number of hydrogen-bond donors (Lipinski definition) is 1. The zero-order chi connectivity index (χ0) is 14.3.